The summed E-state index contributed by atoms with van der Waals surface area (Å²) in [5, 5.41) is 25.4. The molecule has 1 N–H and O–H groups in total. The first-order valence-corrected chi connectivity index (χ1v) is 12.3. The molecule has 1 heterocycles. The van der Waals surface area contributed by atoms with Gasteiger partial charge in [-0.15, -0.1) is 0 Å². The number of carbonyl (C=O) groups excluding carboxylic acids is 1. The van der Waals surface area contributed by atoms with Crippen molar-refractivity contribution in [2.75, 3.05) is 16.8 Å². The predicted molar refractivity (Wildman–Crippen MR) is 142 cm³/mol. The first-order chi connectivity index (χ1) is 16.9. The van der Waals surface area contributed by atoms with Gasteiger partial charge in [0, 0.05) is 17.7 Å². The molecule has 3 rings (SSSR count). The van der Waals surface area contributed by atoms with Gasteiger partial charge in [0.15, 0.2) is 10.5 Å². The number of para-hydroxylation sites is 2. The minimum absolute atomic E-state index is 0.0109. The molecule has 0 spiro atoms. The Morgan fingerprint density at radius 3 is 2.31 bits per heavy atom. The zero-order valence-electron chi connectivity index (χ0n) is 20.8. The summed E-state index contributed by atoms with van der Waals surface area (Å²) in [5.41, 5.74) is 1.28. The minimum atomic E-state index is -1.05. The van der Waals surface area contributed by atoms with E-state index in [1.54, 1.807) is 18.7 Å². The summed E-state index contributed by atoms with van der Waals surface area (Å²) >= 11 is 11.3. The van der Waals surface area contributed by atoms with Crippen LogP contribution >= 0.6 is 23.2 Å². The molecule has 1 aliphatic rings. The Kier molecular flexibility index (Phi) is 10.3. The number of nitrogens with one attached hydrogen (secondary N) is 1. The molecule has 36 heavy (non-hydrogen) atoms. The van der Waals surface area contributed by atoms with E-state index in [2.05, 4.69) is 5.32 Å². The fourth-order valence-corrected chi connectivity index (χ4v) is 4.04. The number of ether oxygens (including phenoxy) is 1. The average Bonchev–Trinajstić information content (AvgIpc) is 2.83. The van der Waals surface area contributed by atoms with Crippen LogP contribution in [-0.4, -0.2) is 39.3 Å². The summed E-state index contributed by atoms with van der Waals surface area (Å²) < 4.78 is 5.52. The number of aryl methyl sites for hydroxylation is 1. The normalized spacial score (nSPS) is 14.5. The molecule has 10 nitrogen and oxygen atoms in total. The topological polar surface area (TPSA) is 128 Å². The van der Waals surface area contributed by atoms with Gasteiger partial charge < -0.3 is 15.0 Å². The highest BCUT2D eigenvalue weighted by atomic mass is 35.5. The van der Waals surface area contributed by atoms with Gasteiger partial charge >= 0.3 is 5.69 Å². The van der Waals surface area contributed by atoms with Crippen LogP contribution in [0.3, 0.4) is 0 Å². The number of nitro benzene ring substituents is 2. The zero-order valence-corrected chi connectivity index (χ0v) is 22.3. The van der Waals surface area contributed by atoms with E-state index in [-0.39, 0.29) is 35.1 Å². The highest BCUT2D eigenvalue weighted by molar-refractivity contribution is 6.54. The number of fused-ring (bicyclic) bond motifs is 1. The second-order valence-corrected chi connectivity index (χ2v) is 9.47. The number of halogens is 2. The van der Waals surface area contributed by atoms with Crippen molar-refractivity contribution in [3.63, 3.8) is 0 Å². The van der Waals surface area contributed by atoms with Gasteiger partial charge in [-0.1, -0.05) is 49.2 Å². The monoisotopic (exact) mass is 540 g/mol. The van der Waals surface area contributed by atoms with Crippen molar-refractivity contribution in [1.29, 1.82) is 0 Å². The number of amides is 1. The summed E-state index contributed by atoms with van der Waals surface area (Å²) in [6.45, 7) is 9.44. The highest BCUT2D eigenvalue weighted by Crippen LogP contribution is 2.39. The molecule has 0 saturated heterocycles. The van der Waals surface area contributed by atoms with Crippen molar-refractivity contribution < 1.29 is 19.4 Å². The van der Waals surface area contributed by atoms with E-state index in [4.69, 9.17) is 27.9 Å². The maximum absolute atomic E-state index is 11.9. The van der Waals surface area contributed by atoms with E-state index in [0.717, 1.165) is 18.5 Å². The molecule has 1 aliphatic heterocycles. The van der Waals surface area contributed by atoms with Crippen LogP contribution in [0, 0.1) is 34.1 Å². The Labute approximate surface area is 219 Å². The number of benzene rings is 2. The molecule has 0 fully saturated rings. The summed E-state index contributed by atoms with van der Waals surface area (Å²) in [6, 6.07) is 8.62. The molecular formula is C24H30Cl2N4O6. The van der Waals surface area contributed by atoms with Crippen LogP contribution in [0.4, 0.5) is 22.7 Å². The van der Waals surface area contributed by atoms with E-state index in [0.29, 0.717) is 23.5 Å². The van der Waals surface area contributed by atoms with Gasteiger partial charge in [-0.25, -0.2) is 0 Å². The van der Waals surface area contributed by atoms with Crippen LogP contribution in [0.15, 0.2) is 30.3 Å². The van der Waals surface area contributed by atoms with E-state index in [1.807, 2.05) is 45.0 Å². The summed E-state index contributed by atoms with van der Waals surface area (Å²) in [4.78, 5) is 33.7. The number of hydrogen-bond acceptors (Lipinski definition) is 7. The molecule has 1 atom stereocenters. The Hall–Kier alpha value is -3.11. The van der Waals surface area contributed by atoms with Gasteiger partial charge in [-0.2, -0.15) is 0 Å². The third-order valence-electron chi connectivity index (χ3n) is 5.98. The summed E-state index contributed by atoms with van der Waals surface area (Å²) in [6.07, 6.45) is 1.47. The third kappa shape index (κ3) is 6.55. The second-order valence-electron chi connectivity index (χ2n) is 8.37. The summed E-state index contributed by atoms with van der Waals surface area (Å²) in [5.74, 6) is 0.370. The molecule has 0 saturated carbocycles. The molecule has 0 radical (unpaired) electrons. The van der Waals surface area contributed by atoms with Gasteiger partial charge in [0.1, 0.15) is 12.4 Å². The number of nitrogens with zero attached hydrogens (tertiary/aromatic N) is 3. The van der Waals surface area contributed by atoms with Crippen LogP contribution in [0.2, 0.25) is 0 Å². The van der Waals surface area contributed by atoms with E-state index < -0.39 is 14.7 Å². The lowest BCUT2D eigenvalue weighted by atomic mass is 10.0. The van der Waals surface area contributed by atoms with Crippen LogP contribution in [0.5, 0.6) is 5.75 Å². The van der Waals surface area contributed by atoms with Crippen molar-refractivity contribution >= 4 is 51.9 Å². The minimum Gasteiger partial charge on any atom is -0.489 e. The largest absolute Gasteiger partial charge is 0.489 e. The average molecular weight is 541 g/mol. The predicted octanol–water partition coefficient (Wildman–Crippen LogP) is 6.32. The molecule has 1 amide bonds. The maximum Gasteiger partial charge on any atom is 0.302 e. The van der Waals surface area contributed by atoms with Crippen LogP contribution in [0.1, 0.15) is 44.7 Å². The summed E-state index contributed by atoms with van der Waals surface area (Å²) in [7, 11) is 0. The first kappa shape index (κ1) is 29.1. The number of rotatable bonds is 7. The van der Waals surface area contributed by atoms with Gasteiger partial charge in [-0.3, -0.25) is 25.0 Å². The Balaban J connectivity index is 0.000000259. The molecule has 12 heteroatoms. The number of carbonyl (C=O) groups is 1. The van der Waals surface area contributed by atoms with E-state index >= 15 is 0 Å². The smallest absolute Gasteiger partial charge is 0.302 e. The number of anilines is 2. The lowest BCUT2D eigenvalue weighted by Crippen LogP contribution is -2.47. The van der Waals surface area contributed by atoms with Crippen molar-refractivity contribution in [2.24, 2.45) is 0 Å². The Bertz CT molecular complexity index is 1120. The van der Waals surface area contributed by atoms with Crippen LogP contribution in [-0.2, 0) is 4.79 Å². The maximum atomic E-state index is 11.9. The highest BCUT2D eigenvalue weighted by Gasteiger charge is 2.32. The van der Waals surface area contributed by atoms with Crippen LogP contribution < -0.4 is 15.0 Å². The number of nitro groups is 2. The fourth-order valence-electron chi connectivity index (χ4n) is 3.83. The van der Waals surface area contributed by atoms with E-state index in [1.165, 1.54) is 6.07 Å². The molecule has 2 aromatic rings. The van der Waals surface area contributed by atoms with Gasteiger partial charge in [0.05, 0.1) is 21.6 Å². The van der Waals surface area contributed by atoms with Crippen molar-refractivity contribution in [2.45, 2.75) is 64.4 Å². The quantitative estimate of drug-likeness (QED) is 0.247. The molecule has 0 aliphatic carbocycles. The molecular weight excluding hydrogens is 511 g/mol. The van der Waals surface area contributed by atoms with Crippen molar-refractivity contribution in [1.82, 2.24) is 0 Å². The molecule has 0 bridgehead atoms. The standard InChI is InChI=1S/C13H19N3O4.C11H11Cl2NO2/c1-5-10(6-2)14-12-11(15(17)18)7-8(3)9(4)13(12)16(19)20;1-7-6-16-9-5-3-2-4-8(9)14(7)11(15)10(12)13/h7,10,14H,5-6H2,1-4H3;2-5,7,10H,6H2,1H3. The van der Waals surface area contributed by atoms with Crippen molar-refractivity contribution in [3.05, 3.63) is 61.7 Å². The van der Waals surface area contributed by atoms with Gasteiger partial charge in [0.2, 0.25) is 0 Å². The Morgan fingerprint density at radius 1 is 1.17 bits per heavy atom. The number of hydrogen-bond donors (Lipinski definition) is 1. The first-order valence-electron chi connectivity index (χ1n) is 11.5. The molecule has 0 aromatic heterocycles. The third-order valence-corrected chi connectivity index (χ3v) is 6.35. The van der Waals surface area contributed by atoms with Gasteiger partial charge in [-0.05, 0) is 51.3 Å². The second kappa shape index (κ2) is 12.7. The SMILES string of the molecule is CC1COc2ccccc2N1C(=O)C(Cl)Cl.CCC(CC)Nc1c([N+](=O)[O-])cc(C)c(C)c1[N+](=O)[O-]. The zero-order chi connectivity index (χ0) is 27.2. The number of alkyl halides is 2. The Morgan fingerprint density at radius 2 is 1.78 bits per heavy atom. The van der Waals surface area contributed by atoms with Crippen molar-refractivity contribution in [3.8, 4) is 5.75 Å². The fraction of sp³-hybridized carbons (Fsp3) is 0.458. The lowest BCUT2D eigenvalue weighted by molar-refractivity contribution is -0.392. The molecule has 196 valence electrons. The molecule has 2 aromatic carbocycles. The van der Waals surface area contributed by atoms with Crippen LogP contribution in [0.25, 0.3) is 0 Å². The van der Waals surface area contributed by atoms with Gasteiger partial charge in [0.25, 0.3) is 11.6 Å². The lowest BCUT2D eigenvalue weighted by Gasteiger charge is -2.35. The van der Waals surface area contributed by atoms with E-state index in [9.17, 15) is 25.0 Å². The molecule has 1 unspecified atom stereocenters.